The molecule has 0 amide bonds. The third-order valence-corrected chi connectivity index (χ3v) is 4.08. The molecule has 0 radical (unpaired) electrons. The van der Waals surface area contributed by atoms with Gasteiger partial charge in [0.2, 0.25) is 0 Å². The van der Waals surface area contributed by atoms with Gasteiger partial charge in [0.1, 0.15) is 0 Å². The van der Waals surface area contributed by atoms with Gasteiger partial charge in [0.05, 0.1) is 39.6 Å². The van der Waals surface area contributed by atoms with E-state index in [2.05, 4.69) is 36.3 Å². The molecule has 0 aromatic rings. The van der Waals surface area contributed by atoms with Gasteiger partial charge in [-0.25, -0.2) is 0 Å². The Morgan fingerprint density at radius 1 is 1.15 bits per heavy atom. The van der Waals surface area contributed by atoms with Gasteiger partial charge in [0, 0.05) is 39.3 Å². The van der Waals surface area contributed by atoms with Crippen LogP contribution in [-0.2, 0) is 14.2 Å². The van der Waals surface area contributed by atoms with Crippen molar-refractivity contribution < 1.29 is 14.2 Å². The van der Waals surface area contributed by atoms with Crippen LogP contribution in [0.15, 0.2) is 4.99 Å². The van der Waals surface area contributed by atoms with Gasteiger partial charge in [-0.3, -0.25) is 9.89 Å². The van der Waals surface area contributed by atoms with E-state index in [4.69, 9.17) is 19.2 Å². The molecule has 0 aromatic carbocycles. The van der Waals surface area contributed by atoms with E-state index < -0.39 is 0 Å². The Morgan fingerprint density at radius 3 is 2.50 bits per heavy atom. The molecule has 1 saturated heterocycles. The fourth-order valence-electron chi connectivity index (χ4n) is 2.85. The fraction of sp³-hybridized carbons (Fsp3) is 0.944. The molecule has 8 heteroatoms. The first kappa shape index (κ1) is 25.8. The molecule has 1 heterocycles. The number of rotatable bonds is 12. The van der Waals surface area contributed by atoms with Crippen molar-refractivity contribution in [3.8, 4) is 0 Å². The normalized spacial score (nSPS) is 17.0. The average Bonchev–Trinajstić information content (AvgIpc) is 2.61. The third-order valence-electron chi connectivity index (χ3n) is 4.08. The number of nitrogens with one attached hydrogen (secondary N) is 2. The number of methoxy groups -OCH3 is 1. The van der Waals surface area contributed by atoms with Crippen LogP contribution in [0.3, 0.4) is 0 Å². The van der Waals surface area contributed by atoms with Gasteiger partial charge < -0.3 is 24.8 Å². The van der Waals surface area contributed by atoms with Crippen molar-refractivity contribution in [3.63, 3.8) is 0 Å². The molecule has 0 aliphatic carbocycles. The maximum atomic E-state index is 5.49. The predicted molar refractivity (Wildman–Crippen MR) is 118 cm³/mol. The molecule has 0 aromatic heterocycles. The molecule has 0 bridgehead atoms. The lowest BCUT2D eigenvalue weighted by Gasteiger charge is -2.34. The quantitative estimate of drug-likeness (QED) is 0.189. The zero-order valence-electron chi connectivity index (χ0n) is 17.0. The zero-order valence-corrected chi connectivity index (χ0v) is 19.3. The van der Waals surface area contributed by atoms with Crippen LogP contribution in [0.2, 0.25) is 0 Å². The third kappa shape index (κ3) is 12.3. The molecule has 26 heavy (non-hydrogen) atoms. The zero-order chi connectivity index (χ0) is 18.3. The van der Waals surface area contributed by atoms with Gasteiger partial charge in [-0.2, -0.15) is 0 Å². The summed E-state index contributed by atoms with van der Waals surface area (Å²) in [4.78, 5) is 7.33. The Balaban J connectivity index is 0.00000625. The van der Waals surface area contributed by atoms with Crippen LogP contribution in [0.4, 0.5) is 0 Å². The van der Waals surface area contributed by atoms with Crippen LogP contribution in [0.25, 0.3) is 0 Å². The second-order valence-corrected chi connectivity index (χ2v) is 6.68. The SMILES string of the molecule is CCNC(=NCC(CC(C)C)N1CCOCC1)NCCOCCOC.I. The lowest BCUT2D eigenvalue weighted by atomic mass is 10.0. The predicted octanol–water partition coefficient (Wildman–Crippen LogP) is 1.57. The number of ether oxygens (including phenoxy) is 3. The Kier molecular flexibility index (Phi) is 16.9. The minimum Gasteiger partial charge on any atom is -0.382 e. The number of hydrogen-bond donors (Lipinski definition) is 2. The van der Waals surface area contributed by atoms with Crippen molar-refractivity contribution in [3.05, 3.63) is 0 Å². The summed E-state index contributed by atoms with van der Waals surface area (Å²) >= 11 is 0. The molecule has 2 N–H and O–H groups in total. The Bertz CT molecular complexity index is 353. The molecular formula is C18H39IN4O3. The fourth-order valence-corrected chi connectivity index (χ4v) is 2.85. The smallest absolute Gasteiger partial charge is 0.191 e. The van der Waals surface area contributed by atoms with E-state index in [1.165, 1.54) is 0 Å². The number of guanidine groups is 1. The second-order valence-electron chi connectivity index (χ2n) is 6.68. The van der Waals surface area contributed by atoms with Crippen LogP contribution in [-0.4, -0.2) is 89.8 Å². The summed E-state index contributed by atoms with van der Waals surface area (Å²) in [5.74, 6) is 1.52. The highest BCUT2D eigenvalue weighted by Crippen LogP contribution is 2.14. The van der Waals surface area contributed by atoms with E-state index in [0.29, 0.717) is 31.8 Å². The molecule has 0 saturated carbocycles. The van der Waals surface area contributed by atoms with Crippen molar-refractivity contribution >= 4 is 29.9 Å². The Hall–Kier alpha value is -0.160. The van der Waals surface area contributed by atoms with Crippen LogP contribution in [0.5, 0.6) is 0 Å². The summed E-state index contributed by atoms with van der Waals surface area (Å²) in [6.45, 7) is 14.6. The molecule has 1 atom stereocenters. The molecule has 1 aliphatic heterocycles. The van der Waals surface area contributed by atoms with E-state index in [-0.39, 0.29) is 24.0 Å². The van der Waals surface area contributed by atoms with Gasteiger partial charge in [-0.15, -0.1) is 24.0 Å². The van der Waals surface area contributed by atoms with Crippen LogP contribution in [0.1, 0.15) is 27.2 Å². The van der Waals surface area contributed by atoms with Crippen molar-refractivity contribution in [2.45, 2.75) is 33.2 Å². The summed E-state index contributed by atoms with van der Waals surface area (Å²) in [6, 6.07) is 0.470. The largest absolute Gasteiger partial charge is 0.382 e. The van der Waals surface area contributed by atoms with Gasteiger partial charge >= 0.3 is 0 Å². The highest BCUT2D eigenvalue weighted by atomic mass is 127. The molecule has 1 rings (SSSR count). The second kappa shape index (κ2) is 17.0. The maximum Gasteiger partial charge on any atom is 0.191 e. The van der Waals surface area contributed by atoms with Crippen molar-refractivity contribution in [2.75, 3.05) is 72.9 Å². The number of morpholine rings is 1. The van der Waals surface area contributed by atoms with E-state index in [0.717, 1.165) is 58.3 Å². The molecule has 156 valence electrons. The van der Waals surface area contributed by atoms with Crippen LogP contribution in [0, 0.1) is 5.92 Å². The standard InChI is InChI=1S/C18H38N4O3.HI/c1-5-19-18(20-6-9-24-13-12-23-4)21-15-17(14-16(2)3)22-7-10-25-11-8-22;/h16-17H,5-15H2,1-4H3,(H2,19,20,21);1H. The molecule has 7 nitrogen and oxygen atoms in total. The molecule has 0 spiro atoms. The molecular weight excluding hydrogens is 447 g/mol. The van der Waals surface area contributed by atoms with Gasteiger partial charge in [-0.05, 0) is 19.3 Å². The maximum absolute atomic E-state index is 5.49. The van der Waals surface area contributed by atoms with Crippen molar-refractivity contribution in [1.29, 1.82) is 0 Å². The van der Waals surface area contributed by atoms with Crippen LogP contribution >= 0.6 is 24.0 Å². The van der Waals surface area contributed by atoms with E-state index in [1.54, 1.807) is 7.11 Å². The van der Waals surface area contributed by atoms with E-state index >= 15 is 0 Å². The summed E-state index contributed by atoms with van der Waals surface area (Å²) < 4.78 is 15.9. The minimum atomic E-state index is 0. The van der Waals surface area contributed by atoms with Crippen molar-refractivity contribution in [2.24, 2.45) is 10.9 Å². The highest BCUT2D eigenvalue weighted by Gasteiger charge is 2.21. The lowest BCUT2D eigenvalue weighted by molar-refractivity contribution is 0.0143. The number of aliphatic imine (C=N–C) groups is 1. The average molecular weight is 486 g/mol. The summed E-state index contributed by atoms with van der Waals surface area (Å²) in [5, 5.41) is 6.65. The topological polar surface area (TPSA) is 67.4 Å². The van der Waals surface area contributed by atoms with Crippen molar-refractivity contribution in [1.82, 2.24) is 15.5 Å². The molecule has 1 aliphatic rings. The van der Waals surface area contributed by atoms with Crippen LogP contribution < -0.4 is 10.6 Å². The number of halogens is 1. The first-order valence-electron chi connectivity index (χ1n) is 9.58. The van der Waals surface area contributed by atoms with E-state index in [9.17, 15) is 0 Å². The van der Waals surface area contributed by atoms with Gasteiger partial charge in [0.15, 0.2) is 5.96 Å². The number of hydrogen-bond acceptors (Lipinski definition) is 5. The highest BCUT2D eigenvalue weighted by molar-refractivity contribution is 14.0. The summed E-state index contributed by atoms with van der Waals surface area (Å²) in [6.07, 6.45) is 1.16. The van der Waals surface area contributed by atoms with Gasteiger partial charge in [-0.1, -0.05) is 13.8 Å². The Labute approximate surface area is 176 Å². The Morgan fingerprint density at radius 2 is 1.88 bits per heavy atom. The molecule has 1 unspecified atom stereocenters. The summed E-state index contributed by atoms with van der Waals surface area (Å²) in [5.41, 5.74) is 0. The van der Waals surface area contributed by atoms with E-state index in [1.807, 2.05) is 0 Å². The first-order valence-corrected chi connectivity index (χ1v) is 9.58. The number of nitrogens with zero attached hydrogens (tertiary/aromatic N) is 2. The lowest BCUT2D eigenvalue weighted by Crippen LogP contribution is -2.46. The summed E-state index contributed by atoms with van der Waals surface area (Å²) in [7, 11) is 1.68. The minimum absolute atomic E-state index is 0. The molecule has 1 fully saturated rings. The monoisotopic (exact) mass is 486 g/mol. The first-order chi connectivity index (χ1) is 12.2. The van der Waals surface area contributed by atoms with Gasteiger partial charge in [0.25, 0.3) is 0 Å².